The summed E-state index contributed by atoms with van der Waals surface area (Å²) < 4.78 is 0. The molecule has 0 aromatic carbocycles. The van der Waals surface area contributed by atoms with E-state index in [1.165, 1.54) is 6.07 Å². The van der Waals surface area contributed by atoms with Crippen LogP contribution in [-0.2, 0) is 0 Å². The van der Waals surface area contributed by atoms with E-state index in [0.717, 1.165) is 43.5 Å². The van der Waals surface area contributed by atoms with E-state index in [9.17, 15) is 4.79 Å². The highest BCUT2D eigenvalue weighted by Gasteiger charge is 2.13. The second-order valence-corrected chi connectivity index (χ2v) is 5.80. The molecule has 104 valence electrons. The zero-order valence-electron chi connectivity index (χ0n) is 11.1. The summed E-state index contributed by atoms with van der Waals surface area (Å²) in [5, 5.41) is 9.70. The Hall–Kier alpha value is -1.11. The number of hydrogen-bond donors (Lipinski definition) is 1. The molecule has 0 atom stereocenters. The maximum absolute atomic E-state index is 10.9. The van der Waals surface area contributed by atoms with Crippen LogP contribution >= 0.6 is 11.8 Å². The van der Waals surface area contributed by atoms with Crippen LogP contribution in [0.15, 0.2) is 23.4 Å². The minimum atomic E-state index is -0.900. The van der Waals surface area contributed by atoms with E-state index in [4.69, 9.17) is 5.11 Å². The van der Waals surface area contributed by atoms with Gasteiger partial charge in [0.05, 0.1) is 10.6 Å². The quantitative estimate of drug-likeness (QED) is 0.816. The summed E-state index contributed by atoms with van der Waals surface area (Å²) in [4.78, 5) is 19.8. The Morgan fingerprint density at radius 3 is 2.84 bits per heavy atom. The number of thioether (sulfide) groups is 1. The largest absolute Gasteiger partial charge is 0.478 e. The summed E-state index contributed by atoms with van der Waals surface area (Å²) in [5.41, 5.74) is 0.303. The lowest BCUT2D eigenvalue weighted by atomic mass is 10.3. The molecule has 19 heavy (non-hydrogen) atoms. The molecule has 0 amide bonds. The molecule has 5 nitrogen and oxygen atoms in total. The molecule has 1 fully saturated rings. The summed E-state index contributed by atoms with van der Waals surface area (Å²) in [5.74, 6) is 0.0445. The highest BCUT2D eigenvalue weighted by Crippen LogP contribution is 2.16. The molecule has 1 N–H and O–H groups in total. The molecule has 1 aromatic rings. The average molecular weight is 281 g/mol. The van der Waals surface area contributed by atoms with Gasteiger partial charge in [-0.3, -0.25) is 4.90 Å². The summed E-state index contributed by atoms with van der Waals surface area (Å²) in [7, 11) is 2.15. The lowest BCUT2D eigenvalue weighted by Gasteiger charge is -2.32. The van der Waals surface area contributed by atoms with E-state index in [1.54, 1.807) is 24.0 Å². The molecular formula is C13H19N3O2S. The Bertz CT molecular complexity index is 434. The number of aromatic carboxylic acids is 1. The molecule has 6 heteroatoms. The lowest BCUT2D eigenvalue weighted by Crippen LogP contribution is -2.45. The van der Waals surface area contributed by atoms with Gasteiger partial charge in [0.25, 0.3) is 0 Å². The van der Waals surface area contributed by atoms with Crippen LogP contribution in [0.4, 0.5) is 0 Å². The van der Waals surface area contributed by atoms with Crippen molar-refractivity contribution in [1.82, 2.24) is 14.8 Å². The van der Waals surface area contributed by atoms with Gasteiger partial charge in [0.1, 0.15) is 0 Å². The Kier molecular flexibility index (Phi) is 5.18. The van der Waals surface area contributed by atoms with Gasteiger partial charge < -0.3 is 10.0 Å². The van der Waals surface area contributed by atoms with Gasteiger partial charge in [0.15, 0.2) is 0 Å². The predicted octanol–water partition coefficient (Wildman–Crippen LogP) is 1.12. The highest BCUT2D eigenvalue weighted by atomic mass is 32.2. The van der Waals surface area contributed by atoms with Crippen LogP contribution in [-0.4, -0.2) is 71.4 Å². The minimum Gasteiger partial charge on any atom is -0.478 e. The van der Waals surface area contributed by atoms with Crippen molar-refractivity contribution >= 4 is 17.7 Å². The summed E-state index contributed by atoms with van der Waals surface area (Å²) in [6, 6.07) is 3.16. The van der Waals surface area contributed by atoms with Gasteiger partial charge in [-0.15, -0.1) is 11.8 Å². The van der Waals surface area contributed by atoms with Gasteiger partial charge in [-0.25, -0.2) is 9.78 Å². The zero-order valence-corrected chi connectivity index (χ0v) is 11.9. The second kappa shape index (κ2) is 6.88. The number of carboxylic acids is 1. The van der Waals surface area contributed by atoms with Crippen molar-refractivity contribution in [3.8, 4) is 0 Å². The fraction of sp³-hybridized carbons (Fsp3) is 0.538. The van der Waals surface area contributed by atoms with Crippen molar-refractivity contribution in [3.05, 3.63) is 23.9 Å². The van der Waals surface area contributed by atoms with E-state index in [1.807, 2.05) is 0 Å². The van der Waals surface area contributed by atoms with E-state index in [-0.39, 0.29) is 0 Å². The molecule has 2 heterocycles. The van der Waals surface area contributed by atoms with Crippen molar-refractivity contribution in [2.45, 2.75) is 5.03 Å². The third-order valence-electron chi connectivity index (χ3n) is 3.24. The first-order chi connectivity index (χ1) is 9.15. The molecule has 1 aliphatic rings. The fourth-order valence-corrected chi connectivity index (χ4v) is 2.88. The topological polar surface area (TPSA) is 56.7 Å². The molecule has 0 spiro atoms. The van der Waals surface area contributed by atoms with Crippen LogP contribution in [0.5, 0.6) is 0 Å². The maximum Gasteiger partial charge on any atom is 0.335 e. The molecule has 2 rings (SSSR count). The minimum absolute atomic E-state index is 0.303. The molecular weight excluding hydrogens is 262 g/mol. The Balaban J connectivity index is 1.76. The average Bonchev–Trinajstić information content (AvgIpc) is 2.41. The van der Waals surface area contributed by atoms with Gasteiger partial charge in [-0.05, 0) is 19.2 Å². The number of rotatable bonds is 5. The normalized spacial score (nSPS) is 17.5. The number of pyridine rings is 1. The van der Waals surface area contributed by atoms with Crippen LogP contribution in [0, 0.1) is 0 Å². The molecule has 0 aliphatic carbocycles. The van der Waals surface area contributed by atoms with Crippen molar-refractivity contribution in [3.63, 3.8) is 0 Å². The number of hydrogen-bond acceptors (Lipinski definition) is 5. The summed E-state index contributed by atoms with van der Waals surface area (Å²) >= 11 is 1.62. The Morgan fingerprint density at radius 1 is 1.42 bits per heavy atom. The molecule has 0 bridgehead atoms. The smallest absolute Gasteiger partial charge is 0.335 e. The number of carboxylic acid groups (broad SMARTS) is 1. The number of likely N-dealkylation sites (N-methyl/N-ethyl adjacent to an activating group) is 1. The van der Waals surface area contributed by atoms with Crippen LogP contribution in [0.3, 0.4) is 0 Å². The molecule has 0 saturated carbocycles. The van der Waals surface area contributed by atoms with Gasteiger partial charge >= 0.3 is 5.97 Å². The first-order valence-electron chi connectivity index (χ1n) is 6.38. The van der Waals surface area contributed by atoms with E-state index < -0.39 is 5.97 Å². The molecule has 1 aromatic heterocycles. The first kappa shape index (κ1) is 14.3. The van der Waals surface area contributed by atoms with Crippen molar-refractivity contribution in [1.29, 1.82) is 0 Å². The van der Waals surface area contributed by atoms with Crippen LogP contribution in [0.25, 0.3) is 0 Å². The van der Waals surface area contributed by atoms with E-state index in [0.29, 0.717) is 5.56 Å². The predicted molar refractivity (Wildman–Crippen MR) is 75.9 cm³/mol. The Morgan fingerprint density at radius 2 is 2.16 bits per heavy atom. The second-order valence-electron chi connectivity index (χ2n) is 4.68. The van der Waals surface area contributed by atoms with Gasteiger partial charge in [-0.1, -0.05) is 0 Å². The van der Waals surface area contributed by atoms with Gasteiger partial charge in [0.2, 0.25) is 0 Å². The zero-order chi connectivity index (χ0) is 13.7. The molecule has 1 aliphatic heterocycles. The van der Waals surface area contributed by atoms with Crippen molar-refractivity contribution < 1.29 is 9.90 Å². The van der Waals surface area contributed by atoms with Crippen LogP contribution < -0.4 is 0 Å². The molecule has 1 saturated heterocycles. The maximum atomic E-state index is 10.9. The Labute approximate surface area is 117 Å². The summed E-state index contributed by atoms with van der Waals surface area (Å²) in [6.45, 7) is 5.49. The van der Waals surface area contributed by atoms with Crippen LogP contribution in [0.1, 0.15) is 10.4 Å². The number of aromatic nitrogens is 1. The van der Waals surface area contributed by atoms with Gasteiger partial charge in [0, 0.05) is 44.7 Å². The van der Waals surface area contributed by atoms with Crippen molar-refractivity contribution in [2.24, 2.45) is 0 Å². The van der Waals surface area contributed by atoms with Crippen molar-refractivity contribution in [2.75, 3.05) is 45.5 Å². The number of piperazine rings is 1. The third kappa shape index (κ3) is 4.49. The number of carbonyl (C=O) groups is 1. The summed E-state index contributed by atoms with van der Waals surface area (Å²) in [6.07, 6.45) is 1.56. The van der Waals surface area contributed by atoms with E-state index >= 15 is 0 Å². The SMILES string of the molecule is CN1CCN(CCSc2cc(C(=O)O)ccn2)CC1. The van der Waals surface area contributed by atoms with E-state index in [2.05, 4.69) is 21.8 Å². The molecule has 0 unspecified atom stereocenters. The monoisotopic (exact) mass is 281 g/mol. The highest BCUT2D eigenvalue weighted by molar-refractivity contribution is 7.99. The third-order valence-corrected chi connectivity index (χ3v) is 4.14. The molecule has 0 radical (unpaired) electrons. The van der Waals surface area contributed by atoms with Crippen LogP contribution in [0.2, 0.25) is 0 Å². The fourth-order valence-electron chi connectivity index (χ4n) is 1.97. The standard InChI is InChI=1S/C13H19N3O2S/c1-15-4-6-16(7-5-15)8-9-19-12-10-11(13(17)18)2-3-14-12/h2-3,10H,4-9H2,1H3,(H,17,18). The lowest BCUT2D eigenvalue weighted by molar-refractivity contribution is 0.0696. The number of nitrogens with zero attached hydrogens (tertiary/aromatic N) is 3. The van der Waals surface area contributed by atoms with Gasteiger partial charge in [-0.2, -0.15) is 0 Å². The first-order valence-corrected chi connectivity index (χ1v) is 7.37.